The van der Waals surface area contributed by atoms with Crippen molar-refractivity contribution in [1.82, 2.24) is 4.98 Å². The van der Waals surface area contributed by atoms with Crippen LogP contribution in [-0.4, -0.2) is 4.98 Å². The average molecular weight is 295 g/mol. The van der Waals surface area contributed by atoms with E-state index < -0.39 is 23.2 Å². The number of aromatic nitrogens is 1. The first-order valence-electron chi connectivity index (χ1n) is 5.78. The Hall–Kier alpha value is -2.90. The molecule has 0 unspecified atom stereocenters. The molecular formula is C13H8F3N3O2. The summed E-state index contributed by atoms with van der Waals surface area (Å²) in [6, 6.07) is 4.58. The third-order valence-electron chi connectivity index (χ3n) is 2.90. The summed E-state index contributed by atoms with van der Waals surface area (Å²) in [6.07, 6.45) is 0. The molecule has 0 saturated heterocycles. The van der Waals surface area contributed by atoms with Crippen LogP contribution in [-0.2, 0) is 0 Å². The summed E-state index contributed by atoms with van der Waals surface area (Å²) in [5, 5.41) is 2.54. The summed E-state index contributed by atoms with van der Waals surface area (Å²) in [5.74, 6) is -4.91. The maximum atomic E-state index is 13.6. The molecule has 0 bridgehead atoms. The Morgan fingerprint density at radius 3 is 2.62 bits per heavy atom. The molecule has 1 aromatic heterocycles. The monoisotopic (exact) mass is 295 g/mol. The number of hydrogen-bond acceptors (Lipinski definition) is 4. The van der Waals surface area contributed by atoms with Gasteiger partial charge in [0.2, 0.25) is 0 Å². The molecule has 1 heterocycles. The van der Waals surface area contributed by atoms with E-state index in [1.54, 1.807) is 0 Å². The average Bonchev–Trinajstić information content (AvgIpc) is 2.79. The number of aromatic amines is 1. The second-order valence-corrected chi connectivity index (χ2v) is 4.30. The molecule has 0 spiro atoms. The Kier molecular flexibility index (Phi) is 2.86. The van der Waals surface area contributed by atoms with Gasteiger partial charge in [0.1, 0.15) is 0 Å². The van der Waals surface area contributed by atoms with Gasteiger partial charge in [-0.2, -0.15) is 0 Å². The van der Waals surface area contributed by atoms with E-state index in [4.69, 9.17) is 10.2 Å². The number of hydrogen-bond donors (Lipinski definition) is 3. The lowest BCUT2D eigenvalue weighted by atomic mass is 10.2. The van der Waals surface area contributed by atoms with E-state index in [2.05, 4.69) is 10.3 Å². The van der Waals surface area contributed by atoms with Crippen molar-refractivity contribution in [3.63, 3.8) is 0 Å². The van der Waals surface area contributed by atoms with E-state index in [1.807, 2.05) is 0 Å². The predicted octanol–water partition coefficient (Wildman–Crippen LogP) is 2.86. The summed E-state index contributed by atoms with van der Waals surface area (Å²) in [7, 11) is 0. The number of nitrogens with one attached hydrogen (secondary N) is 2. The van der Waals surface area contributed by atoms with Crippen LogP contribution in [0.4, 0.5) is 30.2 Å². The van der Waals surface area contributed by atoms with Crippen LogP contribution in [0.15, 0.2) is 33.5 Å². The lowest BCUT2D eigenvalue weighted by Gasteiger charge is -2.10. The Morgan fingerprint density at radius 2 is 1.86 bits per heavy atom. The molecule has 21 heavy (non-hydrogen) atoms. The van der Waals surface area contributed by atoms with E-state index in [0.717, 1.165) is 12.1 Å². The van der Waals surface area contributed by atoms with Gasteiger partial charge in [-0.1, -0.05) is 0 Å². The summed E-state index contributed by atoms with van der Waals surface area (Å²) >= 11 is 0. The quantitative estimate of drug-likeness (QED) is 0.501. The van der Waals surface area contributed by atoms with Gasteiger partial charge in [0.05, 0.1) is 22.6 Å². The normalized spacial score (nSPS) is 11.0. The lowest BCUT2D eigenvalue weighted by Crippen LogP contribution is -2.01. The zero-order chi connectivity index (χ0) is 15.1. The highest BCUT2D eigenvalue weighted by molar-refractivity contribution is 5.87. The van der Waals surface area contributed by atoms with Gasteiger partial charge in [-0.15, -0.1) is 0 Å². The fraction of sp³-hybridized carbons (Fsp3) is 0. The Morgan fingerprint density at radius 1 is 1.10 bits per heavy atom. The maximum Gasteiger partial charge on any atom is 0.417 e. The highest BCUT2D eigenvalue weighted by Gasteiger charge is 2.15. The van der Waals surface area contributed by atoms with Crippen LogP contribution in [0, 0.1) is 17.5 Å². The number of oxazole rings is 1. The van der Waals surface area contributed by atoms with Crippen LogP contribution < -0.4 is 16.8 Å². The van der Waals surface area contributed by atoms with E-state index in [1.165, 1.54) is 12.1 Å². The summed E-state index contributed by atoms with van der Waals surface area (Å²) in [5.41, 5.74) is 6.37. The zero-order valence-corrected chi connectivity index (χ0v) is 10.3. The first-order valence-corrected chi connectivity index (χ1v) is 5.78. The fourth-order valence-corrected chi connectivity index (χ4v) is 1.89. The van der Waals surface area contributed by atoms with E-state index in [9.17, 15) is 18.0 Å². The Labute approximate surface area is 115 Å². The summed E-state index contributed by atoms with van der Waals surface area (Å²) in [4.78, 5) is 13.5. The van der Waals surface area contributed by atoms with Crippen LogP contribution in [0.1, 0.15) is 0 Å². The summed E-state index contributed by atoms with van der Waals surface area (Å²) in [6.45, 7) is 0. The van der Waals surface area contributed by atoms with Crippen LogP contribution in [0.5, 0.6) is 0 Å². The molecule has 2 aromatic carbocycles. The predicted molar refractivity (Wildman–Crippen MR) is 70.8 cm³/mol. The smallest absolute Gasteiger partial charge is 0.408 e. The first kappa shape index (κ1) is 13.1. The number of anilines is 3. The standard InChI is InChI=1S/C13H8F3N3O2/c14-5-1-2-7(12(16)11(5)15)18-8-4-9-10(3-6(8)17)21-13(20)19-9/h1-4,18H,17H2,(H,19,20). The van der Waals surface area contributed by atoms with Gasteiger partial charge < -0.3 is 15.5 Å². The molecule has 0 atom stereocenters. The van der Waals surface area contributed by atoms with Crippen molar-refractivity contribution in [2.75, 3.05) is 11.1 Å². The van der Waals surface area contributed by atoms with Gasteiger partial charge >= 0.3 is 5.76 Å². The number of H-pyrrole nitrogens is 1. The highest BCUT2D eigenvalue weighted by Crippen LogP contribution is 2.29. The first-order chi connectivity index (χ1) is 9.95. The molecule has 0 aliphatic carbocycles. The molecule has 3 aromatic rings. The molecule has 0 amide bonds. The SMILES string of the molecule is Nc1cc2oc(=O)[nH]c2cc1Nc1ccc(F)c(F)c1F. The van der Waals surface area contributed by atoms with Gasteiger partial charge in [-0.05, 0) is 18.2 Å². The second kappa shape index (κ2) is 4.58. The van der Waals surface area contributed by atoms with E-state index in [-0.39, 0.29) is 22.6 Å². The van der Waals surface area contributed by atoms with Crippen LogP contribution >= 0.6 is 0 Å². The number of fused-ring (bicyclic) bond motifs is 1. The van der Waals surface area contributed by atoms with Gasteiger partial charge in [0, 0.05) is 6.07 Å². The number of nitrogens with two attached hydrogens (primary N) is 1. The van der Waals surface area contributed by atoms with Crippen molar-refractivity contribution < 1.29 is 17.6 Å². The number of halogens is 3. The summed E-state index contributed by atoms with van der Waals surface area (Å²) < 4.78 is 44.4. The minimum Gasteiger partial charge on any atom is -0.408 e. The molecule has 0 fully saturated rings. The Balaban J connectivity index is 2.07. The molecular weight excluding hydrogens is 287 g/mol. The van der Waals surface area contributed by atoms with Gasteiger partial charge in [0.25, 0.3) is 0 Å². The molecule has 0 aliphatic heterocycles. The minimum atomic E-state index is -1.59. The van der Waals surface area contributed by atoms with Gasteiger partial charge in [-0.25, -0.2) is 18.0 Å². The van der Waals surface area contributed by atoms with Gasteiger partial charge in [-0.3, -0.25) is 4.98 Å². The zero-order valence-electron chi connectivity index (χ0n) is 10.3. The van der Waals surface area contributed by atoms with Crippen LogP contribution in [0.3, 0.4) is 0 Å². The lowest BCUT2D eigenvalue weighted by molar-refractivity contribution is 0.449. The largest absolute Gasteiger partial charge is 0.417 e. The fourth-order valence-electron chi connectivity index (χ4n) is 1.89. The molecule has 3 rings (SSSR count). The van der Waals surface area contributed by atoms with E-state index in [0.29, 0.717) is 5.52 Å². The Bertz CT molecular complexity index is 902. The molecule has 0 saturated carbocycles. The van der Waals surface area contributed by atoms with Crippen molar-refractivity contribution in [2.24, 2.45) is 0 Å². The highest BCUT2D eigenvalue weighted by atomic mass is 19.2. The third kappa shape index (κ3) is 2.20. The minimum absolute atomic E-state index is 0.148. The number of nitrogen functional groups attached to an aromatic ring is 1. The van der Waals surface area contributed by atoms with Crippen molar-refractivity contribution in [2.45, 2.75) is 0 Å². The molecule has 0 aliphatic rings. The number of benzene rings is 2. The second-order valence-electron chi connectivity index (χ2n) is 4.30. The molecule has 108 valence electrons. The third-order valence-corrected chi connectivity index (χ3v) is 2.90. The van der Waals surface area contributed by atoms with Crippen molar-refractivity contribution in [1.29, 1.82) is 0 Å². The van der Waals surface area contributed by atoms with Crippen molar-refractivity contribution >= 4 is 28.2 Å². The molecule has 8 heteroatoms. The van der Waals surface area contributed by atoms with Crippen LogP contribution in [0.2, 0.25) is 0 Å². The molecule has 4 N–H and O–H groups in total. The maximum absolute atomic E-state index is 13.6. The van der Waals surface area contributed by atoms with E-state index >= 15 is 0 Å². The molecule has 0 radical (unpaired) electrons. The van der Waals surface area contributed by atoms with Gasteiger partial charge in [0.15, 0.2) is 23.0 Å². The molecule has 5 nitrogen and oxygen atoms in total. The van der Waals surface area contributed by atoms with Crippen molar-refractivity contribution in [3.05, 3.63) is 52.3 Å². The number of rotatable bonds is 2. The van der Waals surface area contributed by atoms with Crippen LogP contribution in [0.25, 0.3) is 11.1 Å². The topological polar surface area (TPSA) is 84.0 Å². The van der Waals surface area contributed by atoms with Crippen molar-refractivity contribution in [3.8, 4) is 0 Å².